The molecule has 0 aliphatic rings. The first-order chi connectivity index (χ1) is 7.29. The topological polar surface area (TPSA) is 0 Å². The van der Waals surface area contributed by atoms with Crippen molar-refractivity contribution >= 4 is 27.5 Å². The molecule has 0 saturated heterocycles. The summed E-state index contributed by atoms with van der Waals surface area (Å²) in [6, 6.07) is 4.36. The zero-order chi connectivity index (χ0) is 12.5. The Bertz CT molecular complexity index is 383. The van der Waals surface area contributed by atoms with Gasteiger partial charge in [-0.3, -0.25) is 0 Å². The van der Waals surface area contributed by atoms with E-state index in [1.165, 1.54) is 16.7 Å². The maximum absolute atomic E-state index is 6.61. The van der Waals surface area contributed by atoms with Gasteiger partial charge in [-0.25, -0.2) is 0 Å². The van der Waals surface area contributed by atoms with Crippen LogP contribution in [-0.4, -0.2) is 0 Å². The summed E-state index contributed by atoms with van der Waals surface area (Å²) in [4.78, 5) is 0. The van der Waals surface area contributed by atoms with Crippen molar-refractivity contribution in [3.05, 3.63) is 33.3 Å². The predicted molar refractivity (Wildman–Crippen MR) is 76.3 cm³/mol. The lowest BCUT2D eigenvalue weighted by atomic mass is 9.81. The van der Waals surface area contributed by atoms with Gasteiger partial charge in [-0.1, -0.05) is 42.8 Å². The van der Waals surface area contributed by atoms with Gasteiger partial charge in [0.15, 0.2) is 0 Å². The van der Waals surface area contributed by atoms with Crippen molar-refractivity contribution in [2.45, 2.75) is 46.4 Å². The molecule has 0 aromatic heterocycles. The molecule has 1 aromatic rings. The number of halogens is 2. The van der Waals surface area contributed by atoms with Gasteiger partial charge in [-0.2, -0.15) is 0 Å². The van der Waals surface area contributed by atoms with Crippen molar-refractivity contribution in [2.24, 2.45) is 5.41 Å². The van der Waals surface area contributed by atoms with E-state index in [1.54, 1.807) is 0 Å². The van der Waals surface area contributed by atoms with Gasteiger partial charge in [0, 0.05) is 4.47 Å². The third kappa shape index (κ3) is 2.81. The van der Waals surface area contributed by atoms with Crippen LogP contribution in [-0.2, 0) is 0 Å². The third-order valence-electron chi connectivity index (χ3n) is 3.42. The molecular formula is C14H20BrCl. The van der Waals surface area contributed by atoms with E-state index in [4.69, 9.17) is 11.6 Å². The van der Waals surface area contributed by atoms with E-state index in [9.17, 15) is 0 Å². The zero-order valence-corrected chi connectivity index (χ0v) is 13.0. The maximum atomic E-state index is 6.61. The standard InChI is InChI=1S/C14H20BrCl/c1-6-14(4,5)13(16)11-7-10(3)12(15)8-9(11)2/h7-8,13H,6H2,1-5H3. The molecule has 16 heavy (non-hydrogen) atoms. The first kappa shape index (κ1) is 14.1. The van der Waals surface area contributed by atoms with Crippen molar-refractivity contribution in [2.75, 3.05) is 0 Å². The van der Waals surface area contributed by atoms with Gasteiger partial charge in [-0.05, 0) is 48.4 Å². The molecular weight excluding hydrogens is 284 g/mol. The molecule has 0 aliphatic carbocycles. The summed E-state index contributed by atoms with van der Waals surface area (Å²) in [5, 5.41) is 0.0734. The molecule has 0 amide bonds. The van der Waals surface area contributed by atoms with Crippen molar-refractivity contribution in [3.63, 3.8) is 0 Å². The van der Waals surface area contributed by atoms with E-state index in [2.05, 4.69) is 62.7 Å². The lowest BCUT2D eigenvalue weighted by molar-refractivity contribution is 0.335. The Morgan fingerprint density at radius 2 is 1.81 bits per heavy atom. The van der Waals surface area contributed by atoms with Crippen LogP contribution in [0.15, 0.2) is 16.6 Å². The minimum absolute atomic E-state index is 0.0734. The van der Waals surface area contributed by atoms with Crippen molar-refractivity contribution in [1.82, 2.24) is 0 Å². The molecule has 0 bridgehead atoms. The molecule has 0 fully saturated rings. The van der Waals surface area contributed by atoms with E-state index in [-0.39, 0.29) is 10.8 Å². The average Bonchev–Trinajstić information content (AvgIpc) is 2.22. The van der Waals surface area contributed by atoms with Gasteiger partial charge in [0.05, 0.1) is 5.38 Å². The van der Waals surface area contributed by atoms with E-state index < -0.39 is 0 Å². The fourth-order valence-corrected chi connectivity index (χ4v) is 2.52. The van der Waals surface area contributed by atoms with E-state index in [0.717, 1.165) is 10.9 Å². The van der Waals surface area contributed by atoms with Crippen LogP contribution in [0, 0.1) is 19.3 Å². The fourth-order valence-electron chi connectivity index (χ4n) is 1.68. The van der Waals surface area contributed by atoms with Gasteiger partial charge in [-0.15, -0.1) is 11.6 Å². The van der Waals surface area contributed by atoms with Gasteiger partial charge < -0.3 is 0 Å². The van der Waals surface area contributed by atoms with Crippen LogP contribution >= 0.6 is 27.5 Å². The highest BCUT2D eigenvalue weighted by Gasteiger charge is 2.28. The molecule has 1 aromatic carbocycles. The summed E-state index contributed by atoms with van der Waals surface area (Å²) in [5.41, 5.74) is 3.90. The number of rotatable bonds is 3. The first-order valence-electron chi connectivity index (χ1n) is 5.70. The van der Waals surface area contributed by atoms with Crippen molar-refractivity contribution in [3.8, 4) is 0 Å². The quantitative estimate of drug-likeness (QED) is 0.621. The minimum atomic E-state index is 0.0734. The molecule has 90 valence electrons. The Hall–Kier alpha value is -0.0100. The Morgan fingerprint density at radius 1 is 1.25 bits per heavy atom. The molecule has 0 heterocycles. The molecule has 0 saturated carbocycles. The Balaban J connectivity index is 3.19. The zero-order valence-electron chi connectivity index (χ0n) is 10.7. The summed E-state index contributed by atoms with van der Waals surface area (Å²) < 4.78 is 1.16. The predicted octanol–water partition coefficient (Wildman–Crippen LogP) is 5.78. The number of hydrogen-bond acceptors (Lipinski definition) is 0. The normalized spacial score (nSPS) is 13.9. The highest BCUT2D eigenvalue weighted by Crippen LogP contribution is 2.43. The number of alkyl halides is 1. The van der Waals surface area contributed by atoms with Crippen LogP contribution in [0.1, 0.15) is 49.3 Å². The van der Waals surface area contributed by atoms with Crippen molar-refractivity contribution < 1.29 is 0 Å². The summed E-state index contributed by atoms with van der Waals surface area (Å²) in [6.07, 6.45) is 1.08. The molecule has 0 N–H and O–H groups in total. The van der Waals surface area contributed by atoms with Crippen LogP contribution < -0.4 is 0 Å². The van der Waals surface area contributed by atoms with Gasteiger partial charge in [0.1, 0.15) is 0 Å². The van der Waals surface area contributed by atoms with Crippen molar-refractivity contribution in [1.29, 1.82) is 0 Å². The second-order valence-electron chi connectivity index (χ2n) is 5.16. The number of hydrogen-bond donors (Lipinski definition) is 0. The molecule has 1 rings (SSSR count). The van der Waals surface area contributed by atoms with Crippen LogP contribution in [0.4, 0.5) is 0 Å². The molecule has 1 unspecified atom stereocenters. The summed E-state index contributed by atoms with van der Waals surface area (Å²) in [6.45, 7) is 10.9. The first-order valence-corrected chi connectivity index (χ1v) is 6.93. The van der Waals surface area contributed by atoms with Crippen LogP contribution in [0.3, 0.4) is 0 Å². The van der Waals surface area contributed by atoms with Gasteiger partial charge >= 0.3 is 0 Å². The molecule has 0 aliphatic heterocycles. The van der Waals surface area contributed by atoms with E-state index >= 15 is 0 Å². The van der Waals surface area contributed by atoms with Crippen LogP contribution in [0.25, 0.3) is 0 Å². The average molecular weight is 304 g/mol. The molecule has 0 spiro atoms. The van der Waals surface area contributed by atoms with Gasteiger partial charge in [0.25, 0.3) is 0 Å². The fraction of sp³-hybridized carbons (Fsp3) is 0.571. The Morgan fingerprint density at radius 3 is 2.31 bits per heavy atom. The van der Waals surface area contributed by atoms with E-state index in [1.807, 2.05) is 0 Å². The minimum Gasteiger partial charge on any atom is -0.117 e. The van der Waals surface area contributed by atoms with E-state index in [0.29, 0.717) is 0 Å². The number of benzene rings is 1. The lowest BCUT2D eigenvalue weighted by Crippen LogP contribution is -2.17. The second kappa shape index (κ2) is 5.10. The SMILES string of the molecule is CCC(C)(C)C(Cl)c1cc(C)c(Br)cc1C. The largest absolute Gasteiger partial charge is 0.117 e. The lowest BCUT2D eigenvalue weighted by Gasteiger charge is -2.30. The third-order valence-corrected chi connectivity index (χ3v) is 5.10. The smallest absolute Gasteiger partial charge is 0.0638 e. The second-order valence-corrected chi connectivity index (χ2v) is 6.45. The molecule has 0 nitrogen and oxygen atoms in total. The summed E-state index contributed by atoms with van der Waals surface area (Å²) in [5.74, 6) is 0. The molecule has 0 radical (unpaired) electrons. The van der Waals surface area contributed by atoms with Gasteiger partial charge in [0.2, 0.25) is 0 Å². The molecule has 2 heteroatoms. The summed E-state index contributed by atoms with van der Waals surface area (Å²) >= 11 is 10.2. The monoisotopic (exact) mass is 302 g/mol. The summed E-state index contributed by atoms with van der Waals surface area (Å²) in [7, 11) is 0. The Kier molecular flexibility index (Phi) is 4.48. The molecule has 1 atom stereocenters. The number of aryl methyl sites for hydroxylation is 2. The highest BCUT2D eigenvalue weighted by atomic mass is 79.9. The van der Waals surface area contributed by atoms with Crippen LogP contribution in [0.2, 0.25) is 0 Å². The highest BCUT2D eigenvalue weighted by molar-refractivity contribution is 9.10. The van der Waals surface area contributed by atoms with Crippen LogP contribution in [0.5, 0.6) is 0 Å². The Labute approximate surface area is 113 Å². The maximum Gasteiger partial charge on any atom is 0.0638 e.